The summed E-state index contributed by atoms with van der Waals surface area (Å²) in [6, 6.07) is 1.91. The molecular formula is C14H26N4O. The summed E-state index contributed by atoms with van der Waals surface area (Å²) in [5.41, 5.74) is 0. The molecule has 0 aliphatic rings. The van der Waals surface area contributed by atoms with Crippen LogP contribution in [0.15, 0.2) is 6.07 Å². The quantitative estimate of drug-likeness (QED) is 0.674. The highest BCUT2D eigenvalue weighted by Crippen LogP contribution is 2.17. The Labute approximate surface area is 115 Å². The summed E-state index contributed by atoms with van der Waals surface area (Å²) in [5.74, 6) is 3.29. The molecule has 5 heteroatoms. The monoisotopic (exact) mass is 266 g/mol. The third-order valence-electron chi connectivity index (χ3n) is 3.20. The maximum Gasteiger partial charge on any atom is 0.135 e. The summed E-state index contributed by atoms with van der Waals surface area (Å²) in [5, 5.41) is 15.4. The van der Waals surface area contributed by atoms with E-state index in [1.165, 1.54) is 0 Å². The molecule has 19 heavy (non-hydrogen) atoms. The van der Waals surface area contributed by atoms with Crippen LogP contribution in [0.4, 0.5) is 11.6 Å². The molecule has 0 amide bonds. The summed E-state index contributed by atoms with van der Waals surface area (Å²) in [7, 11) is 1.86. The van der Waals surface area contributed by atoms with Gasteiger partial charge in [-0.05, 0) is 12.3 Å². The first-order valence-corrected chi connectivity index (χ1v) is 7.02. The van der Waals surface area contributed by atoms with Gasteiger partial charge in [-0.1, -0.05) is 27.2 Å². The number of hydrogen-bond donors (Lipinski definition) is 3. The van der Waals surface area contributed by atoms with E-state index in [1.807, 2.05) is 13.1 Å². The highest BCUT2D eigenvalue weighted by molar-refractivity contribution is 5.47. The Bertz CT molecular complexity index is 382. The van der Waals surface area contributed by atoms with Gasteiger partial charge < -0.3 is 15.7 Å². The van der Waals surface area contributed by atoms with Gasteiger partial charge in [0.1, 0.15) is 17.5 Å². The summed E-state index contributed by atoms with van der Waals surface area (Å²) in [6.45, 7) is 7.37. The summed E-state index contributed by atoms with van der Waals surface area (Å²) < 4.78 is 0. The number of aliphatic hydroxyl groups is 1. The van der Waals surface area contributed by atoms with E-state index in [4.69, 9.17) is 5.11 Å². The van der Waals surface area contributed by atoms with E-state index in [2.05, 4.69) is 41.4 Å². The summed E-state index contributed by atoms with van der Waals surface area (Å²) in [4.78, 5) is 8.96. The zero-order valence-corrected chi connectivity index (χ0v) is 12.4. The van der Waals surface area contributed by atoms with Crippen LogP contribution in [-0.4, -0.2) is 35.3 Å². The van der Waals surface area contributed by atoms with Gasteiger partial charge in [-0.2, -0.15) is 0 Å². The lowest BCUT2D eigenvalue weighted by molar-refractivity contribution is 0.258. The van der Waals surface area contributed by atoms with Crippen molar-refractivity contribution in [2.75, 3.05) is 30.8 Å². The van der Waals surface area contributed by atoms with E-state index in [0.29, 0.717) is 11.8 Å². The van der Waals surface area contributed by atoms with E-state index in [9.17, 15) is 0 Å². The third kappa shape index (κ3) is 5.03. The van der Waals surface area contributed by atoms with Crippen molar-refractivity contribution in [3.05, 3.63) is 11.9 Å². The number of nitrogens with zero attached hydrogens (tertiary/aromatic N) is 2. The molecule has 0 radical (unpaired) electrons. The molecule has 0 saturated carbocycles. The highest BCUT2D eigenvalue weighted by Gasteiger charge is 2.09. The molecule has 1 unspecified atom stereocenters. The van der Waals surface area contributed by atoms with Gasteiger partial charge in [0.25, 0.3) is 0 Å². The van der Waals surface area contributed by atoms with Crippen LogP contribution in [0.2, 0.25) is 0 Å². The van der Waals surface area contributed by atoms with Gasteiger partial charge >= 0.3 is 0 Å². The van der Waals surface area contributed by atoms with Gasteiger partial charge in [0.2, 0.25) is 0 Å². The molecule has 1 atom stereocenters. The Balaban J connectivity index is 2.73. The van der Waals surface area contributed by atoms with Gasteiger partial charge in [-0.15, -0.1) is 0 Å². The van der Waals surface area contributed by atoms with Gasteiger partial charge in [0.05, 0.1) is 0 Å². The Kier molecular flexibility index (Phi) is 6.56. The van der Waals surface area contributed by atoms with Crippen LogP contribution >= 0.6 is 0 Å². The van der Waals surface area contributed by atoms with Crippen LogP contribution in [0, 0.1) is 5.92 Å². The first-order valence-electron chi connectivity index (χ1n) is 7.02. The minimum absolute atomic E-state index is 0.239. The average Bonchev–Trinajstić information content (AvgIpc) is 2.42. The topological polar surface area (TPSA) is 70.1 Å². The number of hydrogen-bond acceptors (Lipinski definition) is 5. The van der Waals surface area contributed by atoms with Crippen LogP contribution in [-0.2, 0) is 0 Å². The summed E-state index contributed by atoms with van der Waals surface area (Å²) in [6.07, 6.45) is 1.87. The molecule has 5 nitrogen and oxygen atoms in total. The van der Waals surface area contributed by atoms with E-state index in [1.54, 1.807) is 0 Å². The highest BCUT2D eigenvalue weighted by atomic mass is 16.3. The molecule has 108 valence electrons. The van der Waals surface area contributed by atoms with Crippen LogP contribution in [0.5, 0.6) is 0 Å². The minimum atomic E-state index is 0.239. The normalized spacial score (nSPS) is 12.5. The predicted octanol–water partition coefficient (Wildman–Crippen LogP) is 2.46. The average molecular weight is 266 g/mol. The second-order valence-corrected chi connectivity index (χ2v) is 5.07. The molecule has 1 aromatic heterocycles. The lowest BCUT2D eigenvalue weighted by Crippen LogP contribution is -2.16. The Hall–Kier alpha value is -1.36. The fraction of sp³-hybridized carbons (Fsp3) is 0.714. The van der Waals surface area contributed by atoms with Crippen molar-refractivity contribution >= 4 is 11.6 Å². The molecule has 0 bridgehead atoms. The molecule has 0 aromatic carbocycles. The molecule has 0 aliphatic carbocycles. The van der Waals surface area contributed by atoms with Gasteiger partial charge in [-0.25, -0.2) is 9.97 Å². The molecule has 0 fully saturated rings. The van der Waals surface area contributed by atoms with Crippen molar-refractivity contribution in [3.8, 4) is 0 Å². The third-order valence-corrected chi connectivity index (χ3v) is 3.20. The number of rotatable bonds is 8. The second kappa shape index (κ2) is 7.94. The zero-order valence-electron chi connectivity index (χ0n) is 12.4. The van der Waals surface area contributed by atoms with E-state index >= 15 is 0 Å². The van der Waals surface area contributed by atoms with E-state index < -0.39 is 0 Å². The maximum atomic E-state index is 9.00. The zero-order chi connectivity index (χ0) is 14.3. The largest absolute Gasteiger partial charge is 0.396 e. The lowest BCUT2D eigenvalue weighted by atomic mass is 10.0. The Morgan fingerprint density at radius 2 is 1.95 bits per heavy atom. The van der Waals surface area contributed by atoms with Crippen molar-refractivity contribution < 1.29 is 5.11 Å². The molecule has 0 saturated heterocycles. The minimum Gasteiger partial charge on any atom is -0.396 e. The van der Waals surface area contributed by atoms with Crippen molar-refractivity contribution in [2.24, 2.45) is 5.92 Å². The molecule has 3 N–H and O–H groups in total. The molecule has 1 rings (SSSR count). The second-order valence-electron chi connectivity index (χ2n) is 5.07. The van der Waals surface area contributed by atoms with Crippen LogP contribution in [0.25, 0.3) is 0 Å². The predicted molar refractivity (Wildman–Crippen MR) is 79.6 cm³/mol. The lowest BCUT2D eigenvalue weighted by Gasteiger charge is -2.16. The SMILES string of the molecule is CCC(CCO)CNc1cc(NC)nc(C(C)C)n1. The van der Waals surface area contributed by atoms with Crippen LogP contribution in [0.3, 0.4) is 0 Å². The van der Waals surface area contributed by atoms with E-state index in [-0.39, 0.29) is 6.61 Å². The fourth-order valence-corrected chi connectivity index (χ4v) is 1.82. The van der Waals surface area contributed by atoms with Crippen molar-refractivity contribution in [3.63, 3.8) is 0 Å². The molecule has 1 heterocycles. The summed E-state index contributed by atoms with van der Waals surface area (Å²) >= 11 is 0. The van der Waals surface area contributed by atoms with Gasteiger partial charge in [0.15, 0.2) is 0 Å². The van der Waals surface area contributed by atoms with Crippen LogP contribution in [0.1, 0.15) is 45.4 Å². The van der Waals surface area contributed by atoms with Crippen LogP contribution < -0.4 is 10.6 Å². The van der Waals surface area contributed by atoms with Crippen molar-refractivity contribution in [2.45, 2.75) is 39.5 Å². The maximum absolute atomic E-state index is 9.00. The fourth-order valence-electron chi connectivity index (χ4n) is 1.82. The molecule has 0 spiro atoms. The van der Waals surface area contributed by atoms with E-state index in [0.717, 1.165) is 36.8 Å². The number of aliphatic hydroxyl groups excluding tert-OH is 1. The van der Waals surface area contributed by atoms with Gasteiger partial charge in [0, 0.05) is 32.2 Å². The first kappa shape index (κ1) is 15.7. The standard InChI is InChI=1S/C14H26N4O/c1-5-11(6-7-19)9-16-13-8-12(15-4)17-14(18-13)10(2)3/h8,10-11,19H,5-7,9H2,1-4H3,(H2,15,16,17,18). The number of anilines is 2. The Morgan fingerprint density at radius 3 is 2.47 bits per heavy atom. The number of aromatic nitrogens is 2. The molecule has 0 aliphatic heterocycles. The van der Waals surface area contributed by atoms with Gasteiger partial charge in [-0.3, -0.25) is 0 Å². The molecular weight excluding hydrogens is 240 g/mol. The first-order chi connectivity index (χ1) is 9.10. The smallest absolute Gasteiger partial charge is 0.135 e. The van der Waals surface area contributed by atoms with Crippen molar-refractivity contribution in [1.29, 1.82) is 0 Å². The number of nitrogens with one attached hydrogen (secondary N) is 2. The van der Waals surface area contributed by atoms with Crippen molar-refractivity contribution in [1.82, 2.24) is 9.97 Å². The Morgan fingerprint density at radius 1 is 1.26 bits per heavy atom. The molecule has 1 aromatic rings.